The van der Waals surface area contributed by atoms with Crippen LogP contribution in [0.5, 0.6) is 11.5 Å². The van der Waals surface area contributed by atoms with Gasteiger partial charge >= 0.3 is 0 Å². The molecule has 0 saturated carbocycles. The third kappa shape index (κ3) is 2.35. The molecule has 1 aromatic carbocycles. The van der Waals surface area contributed by atoms with Gasteiger partial charge in [-0.3, -0.25) is 0 Å². The van der Waals surface area contributed by atoms with Crippen molar-refractivity contribution < 1.29 is 14.9 Å². The molecule has 0 spiro atoms. The van der Waals surface area contributed by atoms with Crippen LogP contribution in [0.15, 0.2) is 16.6 Å². The lowest BCUT2D eigenvalue weighted by Gasteiger charge is -2.07. The van der Waals surface area contributed by atoms with Gasteiger partial charge in [0.2, 0.25) is 0 Å². The summed E-state index contributed by atoms with van der Waals surface area (Å²) < 4.78 is 5.53. The van der Waals surface area contributed by atoms with Gasteiger partial charge in [0, 0.05) is 6.61 Å². The van der Waals surface area contributed by atoms with Crippen LogP contribution in [0.25, 0.3) is 0 Å². The fourth-order valence-corrected chi connectivity index (χ4v) is 1.55. The van der Waals surface area contributed by atoms with Crippen LogP contribution in [-0.2, 0) is 6.42 Å². The highest BCUT2D eigenvalue weighted by Gasteiger charge is 2.07. The van der Waals surface area contributed by atoms with Crippen LogP contribution >= 0.6 is 15.9 Å². The molecule has 13 heavy (non-hydrogen) atoms. The number of methoxy groups -OCH3 is 1. The first-order valence-corrected chi connectivity index (χ1v) is 4.64. The first-order valence-electron chi connectivity index (χ1n) is 3.85. The first-order chi connectivity index (χ1) is 6.19. The largest absolute Gasteiger partial charge is 0.503 e. The lowest BCUT2D eigenvalue weighted by atomic mass is 10.1. The molecular weight excluding hydrogens is 236 g/mol. The van der Waals surface area contributed by atoms with Crippen LogP contribution in [-0.4, -0.2) is 23.9 Å². The smallest absolute Gasteiger partial charge is 0.172 e. The maximum absolute atomic E-state index is 9.46. The molecule has 4 heteroatoms. The molecule has 0 aliphatic rings. The SMILES string of the molecule is COc1cc(CCO)cc(Br)c1O. The van der Waals surface area contributed by atoms with E-state index in [-0.39, 0.29) is 12.4 Å². The Bertz CT molecular complexity index is 299. The van der Waals surface area contributed by atoms with E-state index in [2.05, 4.69) is 15.9 Å². The number of rotatable bonds is 3. The summed E-state index contributed by atoms with van der Waals surface area (Å²) in [6, 6.07) is 3.46. The van der Waals surface area contributed by atoms with Gasteiger partial charge in [-0.05, 0) is 40.0 Å². The van der Waals surface area contributed by atoms with Gasteiger partial charge in [-0.1, -0.05) is 0 Å². The van der Waals surface area contributed by atoms with E-state index in [4.69, 9.17) is 9.84 Å². The van der Waals surface area contributed by atoms with E-state index in [1.165, 1.54) is 7.11 Å². The van der Waals surface area contributed by atoms with Crippen LogP contribution in [0.4, 0.5) is 0 Å². The third-order valence-electron chi connectivity index (χ3n) is 1.71. The van der Waals surface area contributed by atoms with E-state index in [0.29, 0.717) is 16.6 Å². The van der Waals surface area contributed by atoms with E-state index in [1.54, 1.807) is 12.1 Å². The molecule has 3 nitrogen and oxygen atoms in total. The number of ether oxygens (including phenoxy) is 1. The highest BCUT2D eigenvalue weighted by atomic mass is 79.9. The van der Waals surface area contributed by atoms with Crippen LogP contribution < -0.4 is 4.74 Å². The van der Waals surface area contributed by atoms with Crippen molar-refractivity contribution in [3.05, 3.63) is 22.2 Å². The van der Waals surface area contributed by atoms with Crippen molar-refractivity contribution in [1.29, 1.82) is 0 Å². The number of aliphatic hydroxyl groups excluding tert-OH is 1. The normalized spacial score (nSPS) is 10.1. The molecule has 0 atom stereocenters. The van der Waals surface area contributed by atoms with Crippen molar-refractivity contribution in [2.75, 3.05) is 13.7 Å². The van der Waals surface area contributed by atoms with Gasteiger partial charge in [-0.15, -0.1) is 0 Å². The summed E-state index contributed by atoms with van der Waals surface area (Å²) in [7, 11) is 1.49. The van der Waals surface area contributed by atoms with E-state index in [1.807, 2.05) is 0 Å². The molecule has 0 aromatic heterocycles. The Balaban J connectivity index is 3.06. The predicted octanol–water partition coefficient (Wildman–Crippen LogP) is 1.70. The van der Waals surface area contributed by atoms with Crippen molar-refractivity contribution in [2.45, 2.75) is 6.42 Å². The Labute approximate surface area is 85.1 Å². The zero-order chi connectivity index (χ0) is 9.84. The van der Waals surface area contributed by atoms with Gasteiger partial charge in [-0.2, -0.15) is 0 Å². The number of phenolic OH excluding ortho intramolecular Hbond substituents is 1. The number of hydrogen-bond donors (Lipinski definition) is 2. The van der Waals surface area contributed by atoms with Crippen molar-refractivity contribution in [2.24, 2.45) is 0 Å². The molecule has 2 N–H and O–H groups in total. The molecule has 72 valence electrons. The fraction of sp³-hybridized carbons (Fsp3) is 0.333. The van der Waals surface area contributed by atoms with Gasteiger partial charge < -0.3 is 14.9 Å². The average molecular weight is 247 g/mol. The molecule has 0 aliphatic heterocycles. The van der Waals surface area contributed by atoms with Crippen LogP contribution in [0.1, 0.15) is 5.56 Å². The van der Waals surface area contributed by atoms with E-state index in [9.17, 15) is 5.11 Å². The molecule has 0 saturated heterocycles. The number of hydrogen-bond acceptors (Lipinski definition) is 3. The lowest BCUT2D eigenvalue weighted by Crippen LogP contribution is -1.93. The van der Waals surface area contributed by atoms with Crippen molar-refractivity contribution in [1.82, 2.24) is 0 Å². The van der Waals surface area contributed by atoms with Gasteiger partial charge in [0.05, 0.1) is 11.6 Å². The predicted molar refractivity (Wildman–Crippen MR) is 53.1 cm³/mol. The Morgan fingerprint density at radius 1 is 1.46 bits per heavy atom. The molecule has 0 radical (unpaired) electrons. The zero-order valence-electron chi connectivity index (χ0n) is 7.25. The second kappa shape index (κ2) is 4.48. The van der Waals surface area contributed by atoms with Crippen molar-refractivity contribution in [3.8, 4) is 11.5 Å². The fourth-order valence-electron chi connectivity index (χ4n) is 1.06. The second-order valence-corrected chi connectivity index (χ2v) is 3.46. The molecule has 0 heterocycles. The number of aliphatic hydroxyl groups is 1. The molecule has 0 fully saturated rings. The van der Waals surface area contributed by atoms with Crippen LogP contribution in [0.3, 0.4) is 0 Å². The van der Waals surface area contributed by atoms with Gasteiger partial charge in [-0.25, -0.2) is 0 Å². The molecular formula is C9H11BrO3. The van der Waals surface area contributed by atoms with Crippen LogP contribution in [0, 0.1) is 0 Å². The number of halogens is 1. The first kappa shape index (κ1) is 10.3. The monoisotopic (exact) mass is 246 g/mol. The minimum absolute atomic E-state index is 0.0837. The number of aromatic hydroxyl groups is 1. The van der Waals surface area contributed by atoms with E-state index >= 15 is 0 Å². The number of benzene rings is 1. The zero-order valence-corrected chi connectivity index (χ0v) is 8.84. The summed E-state index contributed by atoms with van der Waals surface area (Å²) in [5.74, 6) is 0.502. The average Bonchev–Trinajstić information content (AvgIpc) is 2.11. The topological polar surface area (TPSA) is 49.7 Å². The van der Waals surface area contributed by atoms with E-state index < -0.39 is 0 Å². The van der Waals surface area contributed by atoms with Gasteiger partial charge in [0.25, 0.3) is 0 Å². The van der Waals surface area contributed by atoms with E-state index in [0.717, 1.165) is 5.56 Å². The molecule has 0 aliphatic carbocycles. The molecule has 0 unspecified atom stereocenters. The Kier molecular flexibility index (Phi) is 3.57. The van der Waals surface area contributed by atoms with Crippen molar-refractivity contribution >= 4 is 15.9 Å². The second-order valence-electron chi connectivity index (χ2n) is 2.60. The van der Waals surface area contributed by atoms with Gasteiger partial charge in [0.1, 0.15) is 0 Å². The summed E-state index contributed by atoms with van der Waals surface area (Å²) in [6.45, 7) is 0.0837. The summed E-state index contributed by atoms with van der Waals surface area (Å²) in [6.07, 6.45) is 0.551. The minimum Gasteiger partial charge on any atom is -0.503 e. The summed E-state index contributed by atoms with van der Waals surface area (Å²) >= 11 is 3.20. The minimum atomic E-state index is 0.0837. The highest BCUT2D eigenvalue weighted by molar-refractivity contribution is 9.10. The molecule has 1 rings (SSSR count). The quantitative estimate of drug-likeness (QED) is 0.854. The molecule has 0 amide bonds. The summed E-state index contributed by atoms with van der Waals surface area (Å²) in [4.78, 5) is 0. The standard InChI is InChI=1S/C9H11BrO3/c1-13-8-5-6(2-3-11)4-7(10)9(8)12/h4-5,11-12H,2-3H2,1H3. The Hall–Kier alpha value is -0.740. The van der Waals surface area contributed by atoms with Crippen LogP contribution in [0.2, 0.25) is 0 Å². The molecule has 0 bridgehead atoms. The lowest BCUT2D eigenvalue weighted by molar-refractivity contribution is 0.299. The summed E-state index contributed by atoms with van der Waals surface area (Å²) in [5.41, 5.74) is 0.920. The highest BCUT2D eigenvalue weighted by Crippen LogP contribution is 2.35. The summed E-state index contributed by atoms with van der Waals surface area (Å²) in [5, 5.41) is 18.2. The Morgan fingerprint density at radius 2 is 2.15 bits per heavy atom. The van der Waals surface area contributed by atoms with Crippen molar-refractivity contribution in [3.63, 3.8) is 0 Å². The maximum Gasteiger partial charge on any atom is 0.172 e. The maximum atomic E-state index is 9.46. The number of phenols is 1. The third-order valence-corrected chi connectivity index (χ3v) is 2.31. The Morgan fingerprint density at radius 3 is 2.69 bits per heavy atom. The van der Waals surface area contributed by atoms with Gasteiger partial charge in [0.15, 0.2) is 11.5 Å². The molecule has 1 aromatic rings.